The second-order valence-electron chi connectivity index (χ2n) is 15.4. The minimum absolute atomic E-state index is 0.00855. The third-order valence-corrected chi connectivity index (χ3v) is 13.7. The fourth-order valence-electron chi connectivity index (χ4n) is 10.2. The predicted octanol–water partition coefficient (Wildman–Crippen LogP) is 4.34. The summed E-state index contributed by atoms with van der Waals surface area (Å²) in [5, 5.41) is 25.8. The fourth-order valence-corrected chi connectivity index (χ4v) is 11.1. The van der Waals surface area contributed by atoms with Crippen LogP contribution < -0.4 is 5.32 Å². The van der Waals surface area contributed by atoms with Crippen LogP contribution in [0.15, 0.2) is 94.3 Å². The Hall–Kier alpha value is -4.34. The molecule has 2 heterocycles. The lowest BCUT2D eigenvalue weighted by atomic mass is 9.44. The van der Waals surface area contributed by atoms with Gasteiger partial charge in [0.25, 0.3) is 11.8 Å². The number of hydrogen-bond acceptors (Lipinski definition) is 10. The van der Waals surface area contributed by atoms with E-state index in [1.807, 2.05) is 18.2 Å². The Morgan fingerprint density at radius 2 is 1.78 bits per heavy atom. The molecule has 3 amide bonds. The van der Waals surface area contributed by atoms with Crippen molar-refractivity contribution in [2.24, 2.45) is 22.7 Å². The van der Waals surface area contributed by atoms with Crippen molar-refractivity contribution in [1.29, 1.82) is 0 Å². The van der Waals surface area contributed by atoms with Crippen LogP contribution in [0.5, 0.6) is 0 Å². The van der Waals surface area contributed by atoms with Crippen molar-refractivity contribution in [3.05, 3.63) is 90.0 Å². The third kappa shape index (κ3) is 5.24. The number of aldehydes is 1. The van der Waals surface area contributed by atoms with Crippen molar-refractivity contribution < 1.29 is 52.4 Å². The minimum Gasteiger partial charge on any atom is -0.390 e. The van der Waals surface area contributed by atoms with Crippen LogP contribution in [0.3, 0.4) is 0 Å². The molecule has 0 aromatic heterocycles. The molecule has 11 atom stereocenters. The van der Waals surface area contributed by atoms with Gasteiger partial charge in [-0.3, -0.25) is 24.1 Å². The van der Waals surface area contributed by atoms with Crippen LogP contribution >= 0.6 is 11.8 Å². The first-order valence-electron chi connectivity index (χ1n) is 17.8. The van der Waals surface area contributed by atoms with Gasteiger partial charge in [-0.05, 0) is 80.2 Å². The molecule has 1 saturated heterocycles. The van der Waals surface area contributed by atoms with Crippen molar-refractivity contribution in [1.82, 2.24) is 4.90 Å². The Kier molecular flexibility index (Phi) is 8.73. The summed E-state index contributed by atoms with van der Waals surface area (Å²) < 4.78 is 46.6. The molecule has 0 bridgehead atoms. The molecule has 3 saturated carbocycles. The lowest BCUT2D eigenvalue weighted by molar-refractivity contribution is -0.251. The number of allylic oxidation sites excluding steroid dienone is 4. The van der Waals surface area contributed by atoms with E-state index >= 15 is 8.78 Å². The van der Waals surface area contributed by atoms with E-state index in [-0.39, 0.29) is 24.8 Å². The first-order chi connectivity index (χ1) is 25.6. The predicted molar refractivity (Wildman–Crippen MR) is 189 cm³/mol. The van der Waals surface area contributed by atoms with Crippen molar-refractivity contribution in [2.75, 3.05) is 11.9 Å². The van der Waals surface area contributed by atoms with Gasteiger partial charge in [-0.1, -0.05) is 43.0 Å². The molecular formula is C40H38F2N2O9S. The highest BCUT2D eigenvalue weighted by molar-refractivity contribution is 7.99. The smallest absolute Gasteiger partial charge is 0.254 e. The summed E-state index contributed by atoms with van der Waals surface area (Å²) in [5.74, 6) is -3.74. The van der Waals surface area contributed by atoms with Gasteiger partial charge in [-0.25, -0.2) is 8.78 Å². The Balaban J connectivity index is 0.997. The molecule has 0 radical (unpaired) electrons. The summed E-state index contributed by atoms with van der Waals surface area (Å²) >= 11 is 1.40. The van der Waals surface area contributed by atoms with Crippen molar-refractivity contribution in [2.45, 2.75) is 84.9 Å². The van der Waals surface area contributed by atoms with Crippen LogP contribution in [0.4, 0.5) is 14.5 Å². The molecule has 2 aromatic carbocycles. The Labute approximate surface area is 313 Å². The summed E-state index contributed by atoms with van der Waals surface area (Å²) in [6.45, 7) is 2.86. The number of ether oxygens (including phenoxy) is 2. The van der Waals surface area contributed by atoms with E-state index in [1.165, 1.54) is 30.8 Å². The maximum absolute atomic E-state index is 17.7. The molecule has 1 unspecified atom stereocenters. The number of carbonyl (C=O) groups excluding carboxylic acids is 5. The van der Waals surface area contributed by atoms with Gasteiger partial charge in [0.1, 0.15) is 24.4 Å². The van der Waals surface area contributed by atoms with Crippen LogP contribution in [-0.4, -0.2) is 87.2 Å². The lowest BCUT2D eigenvalue weighted by Crippen LogP contribution is -2.71. The van der Waals surface area contributed by atoms with Crippen LogP contribution in [-0.2, 0) is 33.4 Å². The molecule has 0 spiro atoms. The quantitative estimate of drug-likeness (QED) is 0.261. The SMILES string of the molecule is C[C@]12C=CC(=O)C=C1[C@@H](F)C[C@H]1[C@@H]3C[C@H]4O[C@@H](c5ccc(Sc6cccc(NC(=O)CN7C(=O)C=CC7=O)c6)cc5)O[C@@]4(C(O)C=O)[C@@]3(C)C[C@H](O)[C@@]12F. The molecule has 4 aliphatic carbocycles. The maximum Gasteiger partial charge on any atom is 0.254 e. The Morgan fingerprint density at radius 3 is 2.48 bits per heavy atom. The molecular weight excluding hydrogens is 723 g/mol. The number of aliphatic hydroxyl groups excluding tert-OH is 2. The number of benzene rings is 2. The number of carbonyl (C=O) groups is 5. The molecule has 282 valence electrons. The number of nitrogens with zero attached hydrogens (tertiary/aromatic N) is 1. The second kappa shape index (κ2) is 12.9. The number of hydrogen-bond donors (Lipinski definition) is 3. The van der Waals surface area contributed by atoms with Gasteiger partial charge in [0.15, 0.2) is 24.0 Å². The topological polar surface area (TPSA) is 160 Å². The van der Waals surface area contributed by atoms with Gasteiger partial charge in [-0.2, -0.15) is 0 Å². The number of fused-ring (bicyclic) bond motifs is 7. The zero-order valence-corrected chi connectivity index (χ0v) is 30.1. The second-order valence-corrected chi connectivity index (χ2v) is 16.5. The molecule has 8 rings (SSSR count). The molecule has 11 nitrogen and oxygen atoms in total. The molecule has 2 aromatic rings. The molecule has 14 heteroatoms. The van der Waals surface area contributed by atoms with E-state index in [9.17, 15) is 34.2 Å². The zero-order chi connectivity index (χ0) is 38.4. The highest BCUT2D eigenvalue weighted by Crippen LogP contribution is 2.73. The van der Waals surface area contributed by atoms with E-state index in [2.05, 4.69) is 5.32 Å². The standard InChI is InChI=1S/C40H38F2N2O9S/c1-37-13-12-23(46)15-28(37)29(41)16-27-26-17-32-40(31(48)20-45,38(26,2)18-30(47)39(27,37)42)53-36(52-32)21-6-8-24(9-7-21)54-25-5-3-4-22(14-25)43-33(49)19-44-34(50)10-11-35(44)51/h3-15,20,26-27,29-32,36,47-48H,16-19H2,1-2H3,(H,43,49)/t26-,27-,29-,30-,31?,32+,36+,37-,38-,39-,40+/m0/s1. The van der Waals surface area contributed by atoms with Crippen molar-refractivity contribution in [3.8, 4) is 0 Å². The van der Waals surface area contributed by atoms with Crippen molar-refractivity contribution in [3.63, 3.8) is 0 Å². The normalized spacial score (nSPS) is 38.4. The summed E-state index contributed by atoms with van der Waals surface area (Å²) in [7, 11) is 0. The first kappa shape index (κ1) is 36.6. The van der Waals surface area contributed by atoms with E-state index < -0.39 is 94.8 Å². The average molecular weight is 761 g/mol. The molecule has 3 N–H and O–H groups in total. The number of amides is 3. The summed E-state index contributed by atoms with van der Waals surface area (Å²) in [6, 6.07) is 14.3. The largest absolute Gasteiger partial charge is 0.390 e. The van der Waals surface area contributed by atoms with E-state index in [1.54, 1.807) is 37.3 Å². The molecule has 54 heavy (non-hydrogen) atoms. The maximum atomic E-state index is 17.7. The number of alkyl halides is 2. The van der Waals surface area contributed by atoms with Gasteiger partial charge in [-0.15, -0.1) is 0 Å². The van der Waals surface area contributed by atoms with Gasteiger partial charge in [0.2, 0.25) is 5.91 Å². The molecule has 4 fully saturated rings. The Bertz CT molecular complexity index is 2040. The van der Waals surface area contributed by atoms with Gasteiger partial charge >= 0.3 is 0 Å². The molecule has 2 aliphatic heterocycles. The lowest BCUT2D eigenvalue weighted by Gasteiger charge is -2.63. The Morgan fingerprint density at radius 1 is 1.06 bits per heavy atom. The third-order valence-electron chi connectivity index (χ3n) is 12.7. The first-order valence-corrected chi connectivity index (χ1v) is 18.6. The van der Waals surface area contributed by atoms with Crippen LogP contribution in [0.25, 0.3) is 0 Å². The van der Waals surface area contributed by atoms with Gasteiger partial charge in [0.05, 0.1) is 12.2 Å². The van der Waals surface area contributed by atoms with Gasteiger partial charge in [0, 0.05) is 49.9 Å². The minimum atomic E-state index is -2.33. The van der Waals surface area contributed by atoms with Gasteiger partial charge < -0.3 is 29.8 Å². The summed E-state index contributed by atoms with van der Waals surface area (Å²) in [6.07, 6.45) is -0.913. The van der Waals surface area contributed by atoms with E-state index in [4.69, 9.17) is 9.47 Å². The van der Waals surface area contributed by atoms with Crippen LogP contribution in [0.2, 0.25) is 0 Å². The van der Waals surface area contributed by atoms with Crippen molar-refractivity contribution >= 4 is 47.2 Å². The number of aliphatic hydroxyl groups is 2. The van der Waals surface area contributed by atoms with Crippen LogP contribution in [0.1, 0.15) is 45.0 Å². The zero-order valence-electron chi connectivity index (χ0n) is 29.3. The van der Waals surface area contributed by atoms with E-state index in [0.29, 0.717) is 17.5 Å². The number of nitrogens with one attached hydrogen (secondary N) is 1. The monoisotopic (exact) mass is 760 g/mol. The number of anilines is 1. The number of halogens is 2. The molecule has 6 aliphatic rings. The highest BCUT2D eigenvalue weighted by atomic mass is 32.2. The summed E-state index contributed by atoms with van der Waals surface area (Å²) in [4.78, 5) is 63.1. The fraction of sp³-hybridized carbons (Fsp3) is 0.425. The highest BCUT2D eigenvalue weighted by Gasteiger charge is 2.79. The summed E-state index contributed by atoms with van der Waals surface area (Å²) in [5.41, 5.74) is -5.71. The number of imide groups is 1. The number of ketones is 1. The number of rotatable bonds is 8. The average Bonchev–Trinajstić information content (AvgIpc) is 3.76. The van der Waals surface area contributed by atoms with Crippen LogP contribution in [0, 0.1) is 22.7 Å². The van der Waals surface area contributed by atoms with E-state index in [0.717, 1.165) is 32.9 Å².